The van der Waals surface area contributed by atoms with E-state index in [1.54, 1.807) is 0 Å². The summed E-state index contributed by atoms with van der Waals surface area (Å²) in [5.74, 6) is 0. The Bertz CT molecular complexity index is 139. The maximum Gasteiger partial charge on any atom is -0.0344 e. The zero-order chi connectivity index (χ0) is 14.3. The van der Waals surface area contributed by atoms with Crippen LogP contribution in [-0.4, -0.2) is 0 Å². The van der Waals surface area contributed by atoms with Crippen molar-refractivity contribution in [3.05, 3.63) is 0 Å². The summed E-state index contributed by atoms with van der Waals surface area (Å²) >= 11 is 0. The largest absolute Gasteiger partial charge is 0.0683 e. The van der Waals surface area contributed by atoms with Crippen LogP contribution in [0.4, 0.5) is 0 Å². The van der Waals surface area contributed by atoms with Crippen LogP contribution in [0.25, 0.3) is 0 Å². The predicted octanol–water partition coefficient (Wildman–Crippen LogP) is 6.69. The van der Waals surface area contributed by atoms with Crippen LogP contribution in [0.1, 0.15) is 94.9 Å². The molecule has 0 N–H and O–H groups in total. The van der Waals surface area contributed by atoms with E-state index < -0.39 is 0 Å². The van der Waals surface area contributed by atoms with Crippen molar-refractivity contribution < 1.29 is 0 Å². The molecule has 0 heteroatoms. The molecule has 1 aliphatic carbocycles. The van der Waals surface area contributed by atoms with Gasteiger partial charge < -0.3 is 0 Å². The van der Waals surface area contributed by atoms with Crippen molar-refractivity contribution in [1.29, 1.82) is 0 Å². The van der Waals surface area contributed by atoms with Gasteiger partial charge in [0.1, 0.15) is 0 Å². The van der Waals surface area contributed by atoms with Gasteiger partial charge in [-0.05, 0) is 35.5 Å². The van der Waals surface area contributed by atoms with E-state index in [1.165, 1.54) is 25.7 Å². The van der Waals surface area contributed by atoms with E-state index in [4.69, 9.17) is 0 Å². The molecule has 1 rings (SSSR count). The Kier molecular flexibility index (Phi) is 8.46. The molecule has 0 atom stereocenters. The van der Waals surface area contributed by atoms with Gasteiger partial charge >= 0.3 is 0 Å². The highest BCUT2D eigenvalue weighted by Gasteiger charge is 2.42. The van der Waals surface area contributed by atoms with Gasteiger partial charge in [-0.1, -0.05) is 75.7 Å². The fraction of sp³-hybridized carbons (Fsp3) is 1.00. The predicted molar refractivity (Wildman–Crippen MR) is 82.5 cm³/mol. The van der Waals surface area contributed by atoms with E-state index in [0.29, 0.717) is 16.2 Å². The van der Waals surface area contributed by atoms with Gasteiger partial charge in [-0.15, -0.1) is 0 Å². The molecule has 0 bridgehead atoms. The second-order valence-electron chi connectivity index (χ2n) is 7.73. The minimum Gasteiger partial charge on any atom is -0.0683 e. The van der Waals surface area contributed by atoms with E-state index in [-0.39, 0.29) is 0 Å². The third kappa shape index (κ3) is 9.68. The smallest absolute Gasteiger partial charge is 0.0344 e. The highest BCUT2D eigenvalue weighted by atomic mass is 14.5. The lowest BCUT2D eigenvalue weighted by Gasteiger charge is -2.49. The summed E-state index contributed by atoms with van der Waals surface area (Å²) in [7, 11) is 0. The molecule has 0 aliphatic heterocycles. The van der Waals surface area contributed by atoms with Crippen LogP contribution in [0, 0.1) is 16.2 Å². The molecule has 0 nitrogen and oxygen atoms in total. The Morgan fingerprint density at radius 2 is 0.706 bits per heavy atom. The van der Waals surface area contributed by atoms with Gasteiger partial charge in [0, 0.05) is 0 Å². The van der Waals surface area contributed by atoms with Crippen molar-refractivity contribution >= 4 is 0 Å². The first-order valence-corrected chi connectivity index (χ1v) is 7.54. The van der Waals surface area contributed by atoms with Gasteiger partial charge in [-0.3, -0.25) is 0 Å². The van der Waals surface area contributed by atoms with Gasteiger partial charge in [-0.2, -0.15) is 0 Å². The van der Waals surface area contributed by atoms with Crippen LogP contribution < -0.4 is 0 Å². The topological polar surface area (TPSA) is 0 Å². The summed E-state index contributed by atoms with van der Waals surface area (Å²) in [5.41, 5.74) is 1.64. The van der Waals surface area contributed by atoms with Crippen molar-refractivity contribution in [3.8, 4) is 0 Å². The van der Waals surface area contributed by atoms with Crippen molar-refractivity contribution in [2.45, 2.75) is 94.9 Å². The molecule has 0 unspecified atom stereocenters. The lowest BCUT2D eigenvalue weighted by molar-refractivity contribution is 0.0203. The average Bonchev–Trinajstić information content (AvgIpc) is 1.99. The van der Waals surface area contributed by atoms with Gasteiger partial charge in [-0.25, -0.2) is 0 Å². The Morgan fingerprint density at radius 1 is 0.588 bits per heavy atom. The van der Waals surface area contributed by atoms with Gasteiger partial charge in [0.25, 0.3) is 0 Å². The molecule has 0 saturated heterocycles. The number of rotatable bonds is 0. The second kappa shape index (κ2) is 7.44. The Balaban J connectivity index is 0. The molecular formula is C17H38. The molecule has 0 radical (unpaired) electrons. The summed E-state index contributed by atoms with van der Waals surface area (Å²) in [6, 6.07) is 0. The van der Waals surface area contributed by atoms with Crippen molar-refractivity contribution in [2.24, 2.45) is 16.2 Å². The monoisotopic (exact) mass is 242 g/mol. The van der Waals surface area contributed by atoms with Crippen LogP contribution in [0.15, 0.2) is 0 Å². The van der Waals surface area contributed by atoms with Crippen LogP contribution in [0.5, 0.6) is 0 Å². The standard InChI is InChI=1S/C12H24.C3H8.C2H6/c1-10(2)7-11(3,4)9-12(5,6)8-10;1-3-2;1-2/h7-9H2,1-6H3;3H2,1-2H3;1-2H3. The molecule has 1 fully saturated rings. The quantitative estimate of drug-likeness (QED) is 0.444. The van der Waals surface area contributed by atoms with Crippen molar-refractivity contribution in [2.75, 3.05) is 0 Å². The summed E-state index contributed by atoms with van der Waals surface area (Å²) < 4.78 is 0. The third-order valence-electron chi connectivity index (χ3n) is 2.87. The fourth-order valence-electron chi connectivity index (χ4n) is 4.07. The lowest BCUT2D eigenvalue weighted by Crippen LogP contribution is -2.38. The summed E-state index contributed by atoms with van der Waals surface area (Å²) in [5, 5.41) is 0. The maximum absolute atomic E-state index is 2.41. The molecule has 17 heavy (non-hydrogen) atoms. The molecule has 0 aromatic heterocycles. The summed E-state index contributed by atoms with van der Waals surface area (Å²) in [6.45, 7) is 22.7. The van der Waals surface area contributed by atoms with Crippen molar-refractivity contribution in [3.63, 3.8) is 0 Å². The Morgan fingerprint density at radius 3 is 0.824 bits per heavy atom. The number of hydrogen-bond donors (Lipinski definition) is 0. The molecular weight excluding hydrogens is 204 g/mol. The number of hydrogen-bond acceptors (Lipinski definition) is 0. The first-order valence-electron chi connectivity index (χ1n) is 7.54. The Hall–Kier alpha value is 0. The first-order chi connectivity index (χ1) is 7.54. The van der Waals surface area contributed by atoms with Crippen LogP contribution >= 0.6 is 0 Å². The molecule has 0 heterocycles. The SMILES string of the molecule is CC.CC1(C)CC(C)(C)CC(C)(C)C1.CCC. The Labute approximate surface area is 112 Å². The summed E-state index contributed by atoms with van der Waals surface area (Å²) in [4.78, 5) is 0. The first kappa shape index (κ1) is 19.3. The molecule has 0 aromatic rings. The summed E-state index contributed by atoms with van der Waals surface area (Å²) in [6.07, 6.45) is 5.39. The van der Waals surface area contributed by atoms with Crippen LogP contribution in [0.2, 0.25) is 0 Å². The molecule has 0 spiro atoms. The highest BCUT2D eigenvalue weighted by Crippen LogP contribution is 2.53. The molecule has 106 valence electrons. The van der Waals surface area contributed by atoms with E-state index in [9.17, 15) is 0 Å². The van der Waals surface area contributed by atoms with Gasteiger partial charge in [0.05, 0.1) is 0 Å². The van der Waals surface area contributed by atoms with E-state index >= 15 is 0 Å². The zero-order valence-corrected chi connectivity index (χ0v) is 14.3. The van der Waals surface area contributed by atoms with Crippen molar-refractivity contribution in [1.82, 2.24) is 0 Å². The fourth-order valence-corrected chi connectivity index (χ4v) is 4.07. The highest BCUT2D eigenvalue weighted by molar-refractivity contribution is 4.92. The molecule has 1 aliphatic rings. The third-order valence-corrected chi connectivity index (χ3v) is 2.87. The van der Waals surface area contributed by atoms with Gasteiger partial charge in [0.2, 0.25) is 0 Å². The molecule has 0 amide bonds. The van der Waals surface area contributed by atoms with E-state index in [0.717, 1.165) is 0 Å². The zero-order valence-electron chi connectivity index (χ0n) is 14.3. The molecule has 1 saturated carbocycles. The molecule has 0 aromatic carbocycles. The van der Waals surface area contributed by atoms with Crippen LogP contribution in [0.3, 0.4) is 0 Å². The van der Waals surface area contributed by atoms with E-state index in [2.05, 4.69) is 55.4 Å². The normalized spacial score (nSPS) is 23.6. The minimum atomic E-state index is 0.547. The maximum atomic E-state index is 2.41. The lowest BCUT2D eigenvalue weighted by atomic mass is 9.56. The minimum absolute atomic E-state index is 0.547. The van der Waals surface area contributed by atoms with Crippen LogP contribution in [-0.2, 0) is 0 Å². The van der Waals surface area contributed by atoms with E-state index in [1.807, 2.05) is 13.8 Å². The van der Waals surface area contributed by atoms with Gasteiger partial charge in [0.15, 0.2) is 0 Å². The second-order valence-corrected chi connectivity index (χ2v) is 7.73. The average molecular weight is 242 g/mol.